The average Bonchev–Trinajstić information content (AvgIpc) is 3.17. The molecular formula is C20H15FN2O3S. The number of imide groups is 1. The number of benzene rings is 2. The molecule has 5 nitrogen and oxygen atoms in total. The highest BCUT2D eigenvalue weighted by molar-refractivity contribution is 8.18. The molecule has 0 atom stereocenters. The van der Waals surface area contributed by atoms with Crippen LogP contribution in [0, 0.1) is 5.82 Å². The van der Waals surface area contributed by atoms with Crippen LogP contribution >= 0.6 is 11.8 Å². The van der Waals surface area contributed by atoms with E-state index >= 15 is 0 Å². The Balaban J connectivity index is 1.59. The quantitative estimate of drug-likeness (QED) is 0.673. The van der Waals surface area contributed by atoms with Gasteiger partial charge in [-0.3, -0.25) is 14.9 Å². The lowest BCUT2D eigenvalue weighted by atomic mass is 10.1. The third-order valence-electron chi connectivity index (χ3n) is 4.17. The Morgan fingerprint density at radius 1 is 1.11 bits per heavy atom. The van der Waals surface area contributed by atoms with E-state index in [9.17, 15) is 14.0 Å². The van der Waals surface area contributed by atoms with Gasteiger partial charge in [-0.25, -0.2) is 4.39 Å². The van der Waals surface area contributed by atoms with Gasteiger partial charge in [-0.2, -0.15) is 0 Å². The molecule has 0 spiro atoms. The summed E-state index contributed by atoms with van der Waals surface area (Å²) in [6, 6.07) is 14.0. The predicted molar refractivity (Wildman–Crippen MR) is 103 cm³/mol. The number of aromatic nitrogens is 1. The zero-order valence-electron chi connectivity index (χ0n) is 14.1. The first-order valence-corrected chi connectivity index (χ1v) is 9.13. The van der Waals surface area contributed by atoms with Gasteiger partial charge in [0.25, 0.3) is 11.1 Å². The summed E-state index contributed by atoms with van der Waals surface area (Å²) in [5, 5.41) is 2.85. The zero-order chi connectivity index (χ0) is 18.8. The van der Waals surface area contributed by atoms with Gasteiger partial charge in [0.05, 0.1) is 11.4 Å². The Labute approximate surface area is 158 Å². The van der Waals surface area contributed by atoms with Crippen molar-refractivity contribution < 1.29 is 18.7 Å². The van der Waals surface area contributed by atoms with Gasteiger partial charge < -0.3 is 9.30 Å². The van der Waals surface area contributed by atoms with Crippen molar-refractivity contribution in [3.05, 3.63) is 71.0 Å². The first-order valence-electron chi connectivity index (χ1n) is 8.32. The van der Waals surface area contributed by atoms with Crippen molar-refractivity contribution in [3.63, 3.8) is 0 Å². The SMILES string of the molecule is O=C1NC(=O)C(=Cc2cn(CCOc3ccccc3F)c3ccccc23)S1. The maximum atomic E-state index is 13.7. The van der Waals surface area contributed by atoms with E-state index in [1.54, 1.807) is 24.3 Å². The summed E-state index contributed by atoms with van der Waals surface area (Å²) < 4.78 is 21.2. The van der Waals surface area contributed by atoms with Crippen LogP contribution in [0.25, 0.3) is 17.0 Å². The predicted octanol–water partition coefficient (Wildman–Crippen LogP) is 4.18. The third kappa shape index (κ3) is 3.59. The fourth-order valence-corrected chi connectivity index (χ4v) is 3.63. The molecule has 1 aromatic heterocycles. The Hall–Kier alpha value is -3.06. The van der Waals surface area contributed by atoms with Crippen LogP contribution in [0.4, 0.5) is 9.18 Å². The molecule has 2 heterocycles. The number of halogens is 1. The molecule has 0 unspecified atom stereocenters. The number of fused-ring (bicyclic) bond motifs is 1. The third-order valence-corrected chi connectivity index (χ3v) is 4.99. The van der Waals surface area contributed by atoms with Crippen molar-refractivity contribution in [2.45, 2.75) is 6.54 Å². The molecule has 1 saturated heterocycles. The van der Waals surface area contributed by atoms with Gasteiger partial charge in [-0.15, -0.1) is 0 Å². The molecular weight excluding hydrogens is 367 g/mol. The summed E-state index contributed by atoms with van der Waals surface area (Å²) in [7, 11) is 0. The van der Waals surface area contributed by atoms with Crippen molar-refractivity contribution in [1.82, 2.24) is 9.88 Å². The van der Waals surface area contributed by atoms with Gasteiger partial charge in [0.15, 0.2) is 11.6 Å². The summed E-state index contributed by atoms with van der Waals surface area (Å²) >= 11 is 0.889. The fraction of sp³-hybridized carbons (Fsp3) is 0.100. The summed E-state index contributed by atoms with van der Waals surface area (Å²) in [6.45, 7) is 0.805. The highest BCUT2D eigenvalue weighted by Crippen LogP contribution is 2.29. The minimum absolute atomic E-state index is 0.217. The highest BCUT2D eigenvalue weighted by atomic mass is 32.2. The number of amides is 2. The van der Waals surface area contributed by atoms with E-state index in [1.807, 2.05) is 35.0 Å². The van der Waals surface area contributed by atoms with E-state index in [4.69, 9.17) is 4.74 Å². The van der Waals surface area contributed by atoms with Crippen molar-refractivity contribution in [2.75, 3.05) is 6.61 Å². The van der Waals surface area contributed by atoms with E-state index in [-0.39, 0.29) is 16.9 Å². The Morgan fingerprint density at radius 2 is 1.89 bits per heavy atom. The molecule has 0 bridgehead atoms. The number of para-hydroxylation sites is 2. The number of carbonyl (C=O) groups is 2. The molecule has 3 aromatic rings. The number of nitrogens with zero attached hydrogens (tertiary/aromatic N) is 1. The number of carbonyl (C=O) groups excluding carboxylic acids is 2. The van der Waals surface area contributed by atoms with Crippen molar-refractivity contribution in [2.24, 2.45) is 0 Å². The van der Waals surface area contributed by atoms with Crippen LogP contribution < -0.4 is 10.1 Å². The molecule has 4 rings (SSSR count). The first-order chi connectivity index (χ1) is 13.1. The molecule has 1 N–H and O–H groups in total. The molecule has 136 valence electrons. The first kappa shape index (κ1) is 17.4. The lowest BCUT2D eigenvalue weighted by Gasteiger charge is -2.08. The Kier molecular flexibility index (Phi) is 4.68. The van der Waals surface area contributed by atoms with Gasteiger partial charge in [0, 0.05) is 22.7 Å². The zero-order valence-corrected chi connectivity index (χ0v) is 15.0. The lowest BCUT2D eigenvalue weighted by Crippen LogP contribution is -2.17. The molecule has 7 heteroatoms. The molecule has 1 fully saturated rings. The number of hydrogen-bond acceptors (Lipinski definition) is 4. The maximum absolute atomic E-state index is 13.7. The van der Waals surface area contributed by atoms with Crippen molar-refractivity contribution in [3.8, 4) is 5.75 Å². The van der Waals surface area contributed by atoms with Gasteiger partial charge in [-0.05, 0) is 36.0 Å². The number of ether oxygens (including phenoxy) is 1. The van der Waals surface area contributed by atoms with Gasteiger partial charge in [0.2, 0.25) is 0 Å². The number of thioether (sulfide) groups is 1. The van der Waals surface area contributed by atoms with Crippen LogP contribution in [0.15, 0.2) is 59.6 Å². The minimum Gasteiger partial charge on any atom is -0.489 e. The van der Waals surface area contributed by atoms with E-state index < -0.39 is 5.82 Å². The minimum atomic E-state index is -0.394. The molecule has 27 heavy (non-hydrogen) atoms. The smallest absolute Gasteiger partial charge is 0.290 e. The second kappa shape index (κ2) is 7.28. The number of hydrogen-bond donors (Lipinski definition) is 1. The lowest BCUT2D eigenvalue weighted by molar-refractivity contribution is -0.115. The summed E-state index contributed by atoms with van der Waals surface area (Å²) in [5.74, 6) is -0.562. The molecule has 2 amide bonds. The second-order valence-electron chi connectivity index (χ2n) is 5.93. The van der Waals surface area contributed by atoms with Gasteiger partial charge in [-0.1, -0.05) is 30.3 Å². The standard InChI is InChI=1S/C20H15FN2O3S/c21-15-6-2-4-8-17(15)26-10-9-23-12-13(14-5-1-3-7-16(14)23)11-18-19(24)22-20(25)27-18/h1-8,11-12H,9-10H2,(H,22,24,25). The number of rotatable bonds is 5. The van der Waals surface area contributed by atoms with Gasteiger partial charge in [0.1, 0.15) is 6.61 Å². The van der Waals surface area contributed by atoms with E-state index in [0.717, 1.165) is 28.2 Å². The van der Waals surface area contributed by atoms with E-state index in [1.165, 1.54) is 6.07 Å². The van der Waals surface area contributed by atoms with Crippen LogP contribution in [0.5, 0.6) is 5.75 Å². The molecule has 0 radical (unpaired) electrons. The summed E-state index contributed by atoms with van der Waals surface area (Å²) in [6.07, 6.45) is 3.61. The largest absolute Gasteiger partial charge is 0.489 e. The average molecular weight is 382 g/mol. The molecule has 0 saturated carbocycles. The monoisotopic (exact) mass is 382 g/mol. The van der Waals surface area contributed by atoms with Crippen LogP contribution in [0.1, 0.15) is 5.56 Å². The van der Waals surface area contributed by atoms with Crippen LogP contribution in [-0.2, 0) is 11.3 Å². The number of nitrogens with one attached hydrogen (secondary N) is 1. The summed E-state index contributed by atoms with van der Waals surface area (Å²) in [5.41, 5.74) is 1.81. The Bertz CT molecular complexity index is 1070. The molecule has 1 aliphatic rings. The Morgan fingerprint density at radius 3 is 2.67 bits per heavy atom. The van der Waals surface area contributed by atoms with Crippen LogP contribution in [0.2, 0.25) is 0 Å². The van der Waals surface area contributed by atoms with Crippen molar-refractivity contribution in [1.29, 1.82) is 0 Å². The molecule has 2 aromatic carbocycles. The van der Waals surface area contributed by atoms with E-state index in [0.29, 0.717) is 18.1 Å². The van der Waals surface area contributed by atoms with Crippen LogP contribution in [0.3, 0.4) is 0 Å². The molecule has 1 aliphatic heterocycles. The van der Waals surface area contributed by atoms with Crippen molar-refractivity contribution >= 4 is 39.9 Å². The second-order valence-corrected chi connectivity index (χ2v) is 6.94. The highest BCUT2D eigenvalue weighted by Gasteiger charge is 2.25. The normalized spacial score (nSPS) is 15.5. The van der Waals surface area contributed by atoms with Gasteiger partial charge >= 0.3 is 0 Å². The van der Waals surface area contributed by atoms with E-state index in [2.05, 4.69) is 5.32 Å². The fourth-order valence-electron chi connectivity index (χ4n) is 2.95. The summed E-state index contributed by atoms with van der Waals surface area (Å²) in [4.78, 5) is 23.5. The van der Waals surface area contributed by atoms with Crippen LogP contribution in [-0.4, -0.2) is 22.3 Å². The maximum Gasteiger partial charge on any atom is 0.290 e. The molecule has 0 aliphatic carbocycles. The topological polar surface area (TPSA) is 60.3 Å².